The van der Waals surface area contributed by atoms with Crippen LogP contribution in [0.3, 0.4) is 0 Å². The molecule has 7 heteroatoms. The first-order valence-corrected chi connectivity index (χ1v) is 11.7. The Balaban J connectivity index is 1.51. The summed E-state index contributed by atoms with van der Waals surface area (Å²) >= 11 is 0. The fourth-order valence-electron chi connectivity index (χ4n) is 4.76. The number of hydrogen-bond donors (Lipinski definition) is 2. The molecule has 1 atom stereocenters. The van der Waals surface area contributed by atoms with E-state index in [0.717, 1.165) is 59.7 Å². The number of carbonyl (C=O) groups is 2. The number of aromatic nitrogens is 1. The minimum absolute atomic E-state index is 0.0397. The lowest BCUT2D eigenvalue weighted by Crippen LogP contribution is -2.26. The van der Waals surface area contributed by atoms with Crippen LogP contribution in [0.25, 0.3) is 5.57 Å². The molecule has 1 fully saturated rings. The van der Waals surface area contributed by atoms with Gasteiger partial charge in [-0.15, -0.1) is 0 Å². The SMILES string of the molecule is CC1=CC(C(=O)Nc2ccncc2F)CC(c2cccc(CC(=O)OC3CCCC3)c2)=C1CN. The van der Waals surface area contributed by atoms with Crippen molar-refractivity contribution in [3.05, 3.63) is 76.9 Å². The molecule has 2 aliphatic carbocycles. The van der Waals surface area contributed by atoms with Crippen LogP contribution in [0.4, 0.5) is 10.1 Å². The molecule has 0 radical (unpaired) electrons. The van der Waals surface area contributed by atoms with E-state index < -0.39 is 11.7 Å². The normalized spacial score (nSPS) is 18.6. The number of pyridine rings is 1. The zero-order chi connectivity index (χ0) is 24.1. The monoisotopic (exact) mass is 463 g/mol. The molecule has 178 valence electrons. The second-order valence-corrected chi connectivity index (χ2v) is 8.94. The van der Waals surface area contributed by atoms with Crippen molar-refractivity contribution in [2.45, 2.75) is 51.6 Å². The van der Waals surface area contributed by atoms with Gasteiger partial charge in [0.05, 0.1) is 24.2 Å². The molecule has 0 saturated heterocycles. The number of anilines is 1. The predicted octanol–water partition coefficient (Wildman–Crippen LogP) is 4.57. The van der Waals surface area contributed by atoms with Crippen LogP contribution < -0.4 is 11.1 Å². The molecule has 4 rings (SSSR count). The summed E-state index contributed by atoms with van der Waals surface area (Å²) < 4.78 is 19.6. The van der Waals surface area contributed by atoms with Crippen LogP contribution in [0, 0.1) is 11.7 Å². The number of allylic oxidation sites excluding steroid dienone is 1. The Morgan fingerprint density at radius 2 is 2.03 bits per heavy atom. The zero-order valence-corrected chi connectivity index (χ0v) is 19.4. The summed E-state index contributed by atoms with van der Waals surface area (Å²) in [6.07, 6.45) is 9.15. The molecule has 1 aromatic carbocycles. The van der Waals surface area contributed by atoms with E-state index in [-0.39, 0.29) is 30.1 Å². The van der Waals surface area contributed by atoms with Crippen molar-refractivity contribution in [3.63, 3.8) is 0 Å². The number of benzene rings is 1. The third-order valence-corrected chi connectivity index (χ3v) is 6.51. The molecule has 1 aromatic heterocycles. The van der Waals surface area contributed by atoms with E-state index in [0.29, 0.717) is 13.0 Å². The number of halogens is 1. The molecule has 1 amide bonds. The number of nitrogens with two attached hydrogens (primary N) is 1. The smallest absolute Gasteiger partial charge is 0.310 e. The van der Waals surface area contributed by atoms with Gasteiger partial charge in [-0.1, -0.05) is 30.3 Å². The Morgan fingerprint density at radius 1 is 1.24 bits per heavy atom. The number of hydrogen-bond acceptors (Lipinski definition) is 5. The van der Waals surface area contributed by atoms with E-state index >= 15 is 0 Å². The Hall–Kier alpha value is -3.32. The number of nitrogens with one attached hydrogen (secondary N) is 1. The Morgan fingerprint density at radius 3 is 2.76 bits per heavy atom. The van der Waals surface area contributed by atoms with Crippen LogP contribution in [-0.4, -0.2) is 29.5 Å². The van der Waals surface area contributed by atoms with Gasteiger partial charge >= 0.3 is 5.97 Å². The van der Waals surface area contributed by atoms with Crippen molar-refractivity contribution in [1.29, 1.82) is 0 Å². The zero-order valence-electron chi connectivity index (χ0n) is 19.4. The standard InChI is InChI=1S/C27H30FN3O3/c1-17-11-20(27(33)31-25-9-10-30-16-24(25)28)14-22(23(17)15-29)19-6-4-5-18(12-19)13-26(32)34-21-7-2-3-8-21/h4-6,9-12,16,20-21H,2-3,7-8,13-15,29H2,1H3,(H,30,31,33). The largest absolute Gasteiger partial charge is 0.462 e. The third-order valence-electron chi connectivity index (χ3n) is 6.51. The van der Waals surface area contributed by atoms with Gasteiger partial charge in [-0.05, 0) is 72.9 Å². The summed E-state index contributed by atoms with van der Waals surface area (Å²) in [7, 11) is 0. The van der Waals surface area contributed by atoms with Crippen LogP contribution in [0.15, 0.2) is 59.9 Å². The fraction of sp³-hybridized carbons (Fsp3) is 0.370. The quantitative estimate of drug-likeness (QED) is 0.587. The first kappa shape index (κ1) is 23.8. The average molecular weight is 464 g/mol. The number of carbonyl (C=O) groups excluding carboxylic acids is 2. The molecular weight excluding hydrogens is 433 g/mol. The van der Waals surface area contributed by atoms with Gasteiger partial charge < -0.3 is 15.8 Å². The van der Waals surface area contributed by atoms with E-state index in [2.05, 4.69) is 10.3 Å². The van der Waals surface area contributed by atoms with Gasteiger partial charge in [-0.3, -0.25) is 14.6 Å². The van der Waals surface area contributed by atoms with Gasteiger partial charge in [0.25, 0.3) is 0 Å². The van der Waals surface area contributed by atoms with E-state index in [9.17, 15) is 14.0 Å². The number of ether oxygens (including phenoxy) is 1. The van der Waals surface area contributed by atoms with Crippen molar-refractivity contribution in [1.82, 2.24) is 4.98 Å². The van der Waals surface area contributed by atoms with Crippen LogP contribution in [0.1, 0.15) is 50.2 Å². The van der Waals surface area contributed by atoms with Crippen LogP contribution in [0.2, 0.25) is 0 Å². The third kappa shape index (κ3) is 5.59. The predicted molar refractivity (Wildman–Crippen MR) is 129 cm³/mol. The fourth-order valence-corrected chi connectivity index (χ4v) is 4.76. The van der Waals surface area contributed by atoms with Gasteiger partial charge in [0.1, 0.15) is 6.10 Å². The van der Waals surface area contributed by atoms with Gasteiger partial charge in [-0.2, -0.15) is 0 Å². The topological polar surface area (TPSA) is 94.3 Å². The second-order valence-electron chi connectivity index (χ2n) is 8.94. The molecule has 2 aromatic rings. The number of nitrogens with zero attached hydrogens (tertiary/aromatic N) is 1. The van der Waals surface area contributed by atoms with Crippen molar-refractivity contribution in [2.75, 3.05) is 11.9 Å². The molecule has 1 heterocycles. The Bertz CT molecular complexity index is 1140. The van der Waals surface area contributed by atoms with Crippen LogP contribution in [0.5, 0.6) is 0 Å². The van der Waals surface area contributed by atoms with Gasteiger partial charge in [0.15, 0.2) is 5.82 Å². The highest BCUT2D eigenvalue weighted by Gasteiger charge is 2.26. The molecule has 6 nitrogen and oxygen atoms in total. The molecule has 0 spiro atoms. The summed E-state index contributed by atoms with van der Waals surface area (Å²) in [5.41, 5.74) is 10.8. The van der Waals surface area contributed by atoms with Crippen LogP contribution >= 0.6 is 0 Å². The molecule has 1 unspecified atom stereocenters. The summed E-state index contributed by atoms with van der Waals surface area (Å²) in [5.74, 6) is -1.57. The summed E-state index contributed by atoms with van der Waals surface area (Å²) in [5, 5.41) is 2.66. The number of rotatable bonds is 7. The summed E-state index contributed by atoms with van der Waals surface area (Å²) in [6, 6.07) is 9.18. The molecule has 2 aliphatic rings. The lowest BCUT2D eigenvalue weighted by molar-refractivity contribution is -0.147. The van der Waals surface area contributed by atoms with Crippen LogP contribution in [-0.2, 0) is 20.7 Å². The summed E-state index contributed by atoms with van der Waals surface area (Å²) in [4.78, 5) is 29.1. The van der Waals surface area contributed by atoms with Crippen molar-refractivity contribution < 1.29 is 18.7 Å². The Kier molecular flexibility index (Phi) is 7.53. The van der Waals surface area contributed by atoms with Gasteiger partial charge in [0, 0.05) is 12.7 Å². The number of esters is 1. The molecule has 34 heavy (non-hydrogen) atoms. The van der Waals surface area contributed by atoms with Gasteiger partial charge in [0.2, 0.25) is 5.91 Å². The van der Waals surface area contributed by atoms with Crippen molar-refractivity contribution in [3.8, 4) is 0 Å². The first-order valence-electron chi connectivity index (χ1n) is 11.7. The van der Waals surface area contributed by atoms with Crippen molar-refractivity contribution >= 4 is 23.1 Å². The molecule has 0 bridgehead atoms. The Labute approximate surface area is 199 Å². The lowest BCUT2D eigenvalue weighted by atomic mass is 9.81. The van der Waals surface area contributed by atoms with Crippen molar-refractivity contribution in [2.24, 2.45) is 11.7 Å². The summed E-state index contributed by atoms with van der Waals surface area (Å²) in [6.45, 7) is 2.26. The highest BCUT2D eigenvalue weighted by molar-refractivity contribution is 5.96. The maximum absolute atomic E-state index is 14.0. The van der Waals surface area contributed by atoms with E-state index in [1.807, 2.05) is 37.3 Å². The molecule has 0 aliphatic heterocycles. The van der Waals surface area contributed by atoms with Gasteiger partial charge in [-0.25, -0.2) is 4.39 Å². The maximum Gasteiger partial charge on any atom is 0.310 e. The lowest BCUT2D eigenvalue weighted by Gasteiger charge is -2.25. The second kappa shape index (κ2) is 10.7. The van der Waals surface area contributed by atoms with E-state index in [4.69, 9.17) is 10.5 Å². The minimum Gasteiger partial charge on any atom is -0.462 e. The molecule has 1 saturated carbocycles. The van der Waals surface area contributed by atoms with E-state index in [1.54, 1.807) is 0 Å². The minimum atomic E-state index is -0.581. The number of amides is 1. The highest BCUT2D eigenvalue weighted by atomic mass is 19.1. The molecular formula is C27H30FN3O3. The van der Waals surface area contributed by atoms with E-state index in [1.165, 1.54) is 12.3 Å². The maximum atomic E-state index is 14.0. The first-order chi connectivity index (χ1) is 16.4. The average Bonchev–Trinajstić information content (AvgIpc) is 3.33. The molecule has 3 N–H and O–H groups in total. The highest BCUT2D eigenvalue weighted by Crippen LogP contribution is 2.36.